The van der Waals surface area contributed by atoms with Gasteiger partial charge in [-0.3, -0.25) is 9.59 Å². The van der Waals surface area contributed by atoms with Crippen molar-refractivity contribution in [3.63, 3.8) is 0 Å². The van der Waals surface area contributed by atoms with Gasteiger partial charge < -0.3 is 14.2 Å². The van der Waals surface area contributed by atoms with Crippen molar-refractivity contribution in [2.24, 2.45) is 17.8 Å². The molecule has 1 atom stereocenters. The molecule has 0 heterocycles. The molecule has 0 aromatic rings. The van der Waals surface area contributed by atoms with E-state index in [0.717, 1.165) is 77.0 Å². The van der Waals surface area contributed by atoms with E-state index in [1.54, 1.807) is 7.11 Å². The Bertz CT molecular complexity index is 527. The highest BCUT2D eigenvalue weighted by Gasteiger charge is 2.51. The van der Waals surface area contributed by atoms with E-state index in [1.165, 1.54) is 12.8 Å². The normalized spacial score (nSPS) is 29.2. The molecule has 0 bridgehead atoms. The maximum atomic E-state index is 13.8. The molecule has 0 aromatic heterocycles. The first-order valence-electron chi connectivity index (χ1n) is 12.0. The highest BCUT2D eigenvalue weighted by molar-refractivity contribution is 5.88. The smallest absolute Gasteiger partial charge is 0.308 e. The molecule has 0 aliphatic heterocycles. The summed E-state index contributed by atoms with van der Waals surface area (Å²) in [5, 5.41) is 0. The molecule has 5 heteroatoms. The standard InChI is InChI=1S/C24H40O5/c1-3-28-23(26)19-14-16-21(17-15-19)29-24(27-2,20-12-8-5-9-13-20)22(25)18-10-6-4-7-11-18/h18-21H,3-17H2,1-2H3. The van der Waals surface area contributed by atoms with Crippen molar-refractivity contribution in [3.05, 3.63) is 0 Å². The molecule has 166 valence electrons. The highest BCUT2D eigenvalue weighted by atomic mass is 16.7. The minimum Gasteiger partial charge on any atom is -0.466 e. The van der Waals surface area contributed by atoms with E-state index in [0.29, 0.717) is 6.61 Å². The molecule has 0 radical (unpaired) electrons. The molecule has 0 spiro atoms. The Kier molecular flexibility index (Phi) is 8.55. The molecule has 5 nitrogen and oxygen atoms in total. The van der Waals surface area contributed by atoms with Gasteiger partial charge in [-0.25, -0.2) is 0 Å². The van der Waals surface area contributed by atoms with Gasteiger partial charge in [-0.2, -0.15) is 0 Å². The summed E-state index contributed by atoms with van der Waals surface area (Å²) in [6.45, 7) is 2.28. The van der Waals surface area contributed by atoms with Crippen molar-refractivity contribution in [3.8, 4) is 0 Å². The SMILES string of the molecule is CCOC(=O)C1CCC(OC(OC)(C(=O)C2CCCCC2)C2CCCCC2)CC1. The summed E-state index contributed by atoms with van der Waals surface area (Å²) in [4.78, 5) is 25.8. The van der Waals surface area contributed by atoms with E-state index in [2.05, 4.69) is 0 Å². The molecule has 0 aromatic carbocycles. The number of Topliss-reactive ketones (excluding diaryl/α,β-unsaturated/α-hetero) is 1. The van der Waals surface area contributed by atoms with Crippen molar-refractivity contribution in [1.82, 2.24) is 0 Å². The summed E-state index contributed by atoms with van der Waals surface area (Å²) in [5.74, 6) is -0.798. The molecular formula is C24H40O5. The van der Waals surface area contributed by atoms with Crippen LogP contribution in [0.4, 0.5) is 0 Å². The summed E-state index contributed by atoms with van der Waals surface area (Å²) in [6, 6.07) is 0. The number of ketones is 1. The molecule has 3 saturated carbocycles. The lowest BCUT2D eigenvalue weighted by Crippen LogP contribution is -2.55. The fourth-order valence-electron chi connectivity index (χ4n) is 5.73. The zero-order valence-electron chi connectivity index (χ0n) is 18.5. The number of hydrogen-bond donors (Lipinski definition) is 0. The Labute approximate surface area is 176 Å². The predicted octanol–water partition coefficient (Wildman–Crippen LogP) is 5.20. The number of methoxy groups -OCH3 is 1. The van der Waals surface area contributed by atoms with Gasteiger partial charge in [0.25, 0.3) is 0 Å². The second-order valence-electron chi connectivity index (χ2n) is 9.25. The first-order valence-corrected chi connectivity index (χ1v) is 12.0. The molecule has 0 amide bonds. The van der Waals surface area contributed by atoms with Crippen LogP contribution in [-0.4, -0.2) is 37.4 Å². The van der Waals surface area contributed by atoms with E-state index in [9.17, 15) is 9.59 Å². The van der Waals surface area contributed by atoms with Crippen LogP contribution in [0.25, 0.3) is 0 Å². The molecule has 29 heavy (non-hydrogen) atoms. The number of ether oxygens (including phenoxy) is 3. The molecule has 3 aliphatic rings. The number of rotatable bonds is 8. The largest absolute Gasteiger partial charge is 0.466 e. The van der Waals surface area contributed by atoms with Crippen LogP contribution >= 0.6 is 0 Å². The van der Waals surface area contributed by atoms with Crippen LogP contribution in [0.3, 0.4) is 0 Å². The third-order valence-corrected chi connectivity index (χ3v) is 7.40. The average molecular weight is 409 g/mol. The Morgan fingerprint density at radius 3 is 1.93 bits per heavy atom. The van der Waals surface area contributed by atoms with Crippen molar-refractivity contribution in [2.45, 2.75) is 109 Å². The predicted molar refractivity (Wildman–Crippen MR) is 111 cm³/mol. The molecule has 1 unspecified atom stereocenters. The van der Waals surface area contributed by atoms with Gasteiger partial charge in [0, 0.05) is 18.9 Å². The van der Waals surface area contributed by atoms with Gasteiger partial charge in [0.15, 0.2) is 5.78 Å². The average Bonchev–Trinajstić information content (AvgIpc) is 2.79. The minimum absolute atomic E-state index is 0.0184. The Balaban J connectivity index is 1.71. The fraction of sp³-hybridized carbons (Fsp3) is 0.917. The lowest BCUT2D eigenvalue weighted by molar-refractivity contribution is -0.270. The van der Waals surface area contributed by atoms with E-state index < -0.39 is 5.79 Å². The van der Waals surface area contributed by atoms with Crippen LogP contribution < -0.4 is 0 Å². The topological polar surface area (TPSA) is 61.8 Å². The second-order valence-corrected chi connectivity index (χ2v) is 9.25. The number of esters is 1. The van der Waals surface area contributed by atoms with Crippen LogP contribution in [-0.2, 0) is 23.8 Å². The highest BCUT2D eigenvalue weighted by Crippen LogP contribution is 2.43. The maximum Gasteiger partial charge on any atom is 0.308 e. The molecule has 3 aliphatic carbocycles. The van der Waals surface area contributed by atoms with E-state index in [-0.39, 0.29) is 35.6 Å². The quantitative estimate of drug-likeness (QED) is 0.408. The Morgan fingerprint density at radius 1 is 0.793 bits per heavy atom. The number of carbonyl (C=O) groups excluding carboxylic acids is 2. The van der Waals surface area contributed by atoms with Crippen LogP contribution in [0, 0.1) is 17.8 Å². The Morgan fingerprint density at radius 2 is 1.38 bits per heavy atom. The molecule has 3 fully saturated rings. The summed E-state index contributed by atoms with van der Waals surface area (Å²) >= 11 is 0. The van der Waals surface area contributed by atoms with Crippen molar-refractivity contribution < 1.29 is 23.8 Å². The summed E-state index contributed by atoms with van der Waals surface area (Å²) in [5.41, 5.74) is 0. The number of carbonyl (C=O) groups is 2. The van der Waals surface area contributed by atoms with Crippen molar-refractivity contribution in [2.75, 3.05) is 13.7 Å². The Hall–Kier alpha value is -0.940. The van der Waals surface area contributed by atoms with Crippen LogP contribution in [0.2, 0.25) is 0 Å². The van der Waals surface area contributed by atoms with Gasteiger partial charge in [-0.05, 0) is 58.3 Å². The third kappa shape index (κ3) is 5.41. The van der Waals surface area contributed by atoms with Gasteiger partial charge in [0.05, 0.1) is 18.6 Å². The van der Waals surface area contributed by atoms with Gasteiger partial charge >= 0.3 is 5.97 Å². The molecule has 0 N–H and O–H groups in total. The zero-order chi connectivity index (χ0) is 20.7. The minimum atomic E-state index is -1.09. The summed E-state index contributed by atoms with van der Waals surface area (Å²) in [7, 11) is 1.67. The third-order valence-electron chi connectivity index (χ3n) is 7.40. The monoisotopic (exact) mass is 408 g/mol. The van der Waals surface area contributed by atoms with Gasteiger partial charge in [-0.1, -0.05) is 38.5 Å². The van der Waals surface area contributed by atoms with E-state index in [1.807, 2.05) is 6.92 Å². The van der Waals surface area contributed by atoms with E-state index in [4.69, 9.17) is 14.2 Å². The first kappa shape index (κ1) is 22.7. The molecule has 3 rings (SSSR count). The van der Waals surface area contributed by atoms with E-state index >= 15 is 0 Å². The molecule has 0 saturated heterocycles. The first-order chi connectivity index (χ1) is 14.1. The lowest BCUT2D eigenvalue weighted by Gasteiger charge is -2.45. The lowest BCUT2D eigenvalue weighted by atomic mass is 9.75. The maximum absolute atomic E-state index is 13.8. The van der Waals surface area contributed by atoms with Crippen LogP contribution in [0.15, 0.2) is 0 Å². The molecular weight excluding hydrogens is 368 g/mol. The van der Waals surface area contributed by atoms with Gasteiger partial charge in [0.2, 0.25) is 5.79 Å². The number of hydrogen-bond acceptors (Lipinski definition) is 5. The second kappa shape index (κ2) is 10.9. The van der Waals surface area contributed by atoms with Crippen molar-refractivity contribution in [1.29, 1.82) is 0 Å². The van der Waals surface area contributed by atoms with Crippen molar-refractivity contribution >= 4 is 11.8 Å². The van der Waals surface area contributed by atoms with Crippen LogP contribution in [0.1, 0.15) is 96.8 Å². The van der Waals surface area contributed by atoms with Gasteiger partial charge in [-0.15, -0.1) is 0 Å². The zero-order valence-corrected chi connectivity index (χ0v) is 18.5. The summed E-state index contributed by atoms with van der Waals surface area (Å²) < 4.78 is 17.9. The van der Waals surface area contributed by atoms with Crippen LogP contribution in [0.5, 0.6) is 0 Å². The van der Waals surface area contributed by atoms with Gasteiger partial charge in [0.1, 0.15) is 0 Å². The fourth-order valence-corrected chi connectivity index (χ4v) is 5.73. The summed E-state index contributed by atoms with van der Waals surface area (Å²) in [6.07, 6.45) is 14.1.